The van der Waals surface area contributed by atoms with Gasteiger partial charge in [-0.2, -0.15) is 0 Å². The number of nitrogens with zero attached hydrogens (tertiary/aromatic N) is 1. The minimum atomic E-state index is -0.383. The molecule has 7 nitrogen and oxygen atoms in total. The van der Waals surface area contributed by atoms with Gasteiger partial charge in [0.2, 0.25) is 0 Å². The zero-order valence-electron chi connectivity index (χ0n) is 17.2. The van der Waals surface area contributed by atoms with E-state index in [1.165, 1.54) is 19.1 Å². The fourth-order valence-electron chi connectivity index (χ4n) is 3.29. The van der Waals surface area contributed by atoms with E-state index in [-0.39, 0.29) is 29.6 Å². The lowest BCUT2D eigenvalue weighted by Gasteiger charge is -2.14. The number of ether oxygens (including phenoxy) is 3. The van der Waals surface area contributed by atoms with Gasteiger partial charge in [0.25, 0.3) is 11.8 Å². The summed E-state index contributed by atoms with van der Waals surface area (Å²) in [6, 6.07) is 10.7. The molecule has 0 saturated heterocycles. The number of carbonyl (C=O) groups is 2. The third kappa shape index (κ3) is 3.63. The number of likely N-dealkylation sites (N-methyl/N-ethyl adjacent to an activating group) is 1. The normalized spacial score (nSPS) is 13.8. The average molecular weight is 396 g/mol. The lowest BCUT2D eigenvalue weighted by atomic mass is 10.0. The lowest BCUT2D eigenvalue weighted by molar-refractivity contribution is -0.136. The van der Waals surface area contributed by atoms with Crippen molar-refractivity contribution in [1.82, 2.24) is 4.90 Å². The van der Waals surface area contributed by atoms with Gasteiger partial charge in [-0.05, 0) is 49.2 Å². The molecular weight excluding hydrogens is 372 g/mol. The third-order valence-corrected chi connectivity index (χ3v) is 4.77. The van der Waals surface area contributed by atoms with Crippen molar-refractivity contribution in [2.75, 3.05) is 33.2 Å². The monoisotopic (exact) mass is 396 g/mol. The van der Waals surface area contributed by atoms with Crippen molar-refractivity contribution >= 4 is 23.1 Å². The number of amides is 2. The Bertz CT molecular complexity index is 997. The molecule has 0 bridgehead atoms. The Morgan fingerprint density at radius 1 is 0.862 bits per heavy atom. The van der Waals surface area contributed by atoms with Crippen molar-refractivity contribution in [3.63, 3.8) is 0 Å². The number of imide groups is 1. The van der Waals surface area contributed by atoms with E-state index in [9.17, 15) is 9.59 Å². The molecule has 0 unspecified atom stereocenters. The molecule has 1 heterocycles. The van der Waals surface area contributed by atoms with E-state index < -0.39 is 0 Å². The molecule has 1 aliphatic heterocycles. The fourth-order valence-corrected chi connectivity index (χ4v) is 3.29. The molecule has 1 N–H and O–H groups in total. The summed E-state index contributed by atoms with van der Waals surface area (Å²) < 4.78 is 16.0. The number of carbonyl (C=O) groups excluding carboxylic acids is 2. The summed E-state index contributed by atoms with van der Waals surface area (Å²) in [6.45, 7) is 3.97. The van der Waals surface area contributed by atoms with Crippen LogP contribution in [-0.4, -0.2) is 44.6 Å². The summed E-state index contributed by atoms with van der Waals surface area (Å²) in [4.78, 5) is 27.2. The molecule has 29 heavy (non-hydrogen) atoms. The van der Waals surface area contributed by atoms with Gasteiger partial charge >= 0.3 is 0 Å². The van der Waals surface area contributed by atoms with Crippen LogP contribution in [0.15, 0.2) is 42.1 Å². The highest BCUT2D eigenvalue weighted by atomic mass is 16.5. The third-order valence-electron chi connectivity index (χ3n) is 4.77. The van der Waals surface area contributed by atoms with Crippen molar-refractivity contribution in [1.29, 1.82) is 0 Å². The summed E-state index contributed by atoms with van der Waals surface area (Å²) in [6.07, 6.45) is 0. The van der Waals surface area contributed by atoms with Crippen molar-refractivity contribution in [2.24, 2.45) is 0 Å². The second-order valence-electron chi connectivity index (χ2n) is 6.50. The Morgan fingerprint density at radius 3 is 2.14 bits per heavy atom. The molecule has 3 rings (SSSR count). The van der Waals surface area contributed by atoms with Gasteiger partial charge in [-0.1, -0.05) is 12.1 Å². The predicted molar refractivity (Wildman–Crippen MR) is 110 cm³/mol. The Morgan fingerprint density at radius 2 is 1.52 bits per heavy atom. The van der Waals surface area contributed by atoms with Crippen LogP contribution in [0.5, 0.6) is 17.2 Å². The van der Waals surface area contributed by atoms with E-state index in [4.69, 9.17) is 14.2 Å². The summed E-state index contributed by atoms with van der Waals surface area (Å²) in [5.74, 6) is 0.839. The molecule has 152 valence electrons. The van der Waals surface area contributed by atoms with E-state index in [2.05, 4.69) is 5.32 Å². The van der Waals surface area contributed by atoms with E-state index in [0.29, 0.717) is 28.5 Å². The first-order valence-corrected chi connectivity index (χ1v) is 9.19. The van der Waals surface area contributed by atoms with Crippen LogP contribution in [0.4, 0.5) is 5.69 Å². The van der Waals surface area contributed by atoms with Gasteiger partial charge in [-0.15, -0.1) is 0 Å². The molecule has 0 atom stereocenters. The Balaban J connectivity index is 2.16. The maximum absolute atomic E-state index is 13.0. The van der Waals surface area contributed by atoms with Crippen molar-refractivity contribution in [2.45, 2.75) is 13.8 Å². The quantitative estimate of drug-likeness (QED) is 0.724. The zero-order chi connectivity index (χ0) is 21.1. The highest BCUT2D eigenvalue weighted by molar-refractivity contribution is 6.36. The van der Waals surface area contributed by atoms with E-state index in [1.807, 2.05) is 25.1 Å². The minimum absolute atomic E-state index is 0.202. The second kappa shape index (κ2) is 8.26. The largest absolute Gasteiger partial charge is 0.495 e. The number of hydrogen-bond acceptors (Lipinski definition) is 6. The van der Waals surface area contributed by atoms with E-state index >= 15 is 0 Å². The smallest absolute Gasteiger partial charge is 0.278 e. The van der Waals surface area contributed by atoms with Crippen LogP contribution in [-0.2, 0) is 9.59 Å². The van der Waals surface area contributed by atoms with Gasteiger partial charge in [-0.25, -0.2) is 0 Å². The molecular formula is C22H24N2O5. The first kappa shape index (κ1) is 20.3. The van der Waals surface area contributed by atoms with Crippen molar-refractivity contribution in [3.8, 4) is 17.2 Å². The van der Waals surface area contributed by atoms with E-state index in [0.717, 1.165) is 5.56 Å². The molecule has 0 spiro atoms. The van der Waals surface area contributed by atoms with E-state index in [1.54, 1.807) is 32.2 Å². The highest BCUT2D eigenvalue weighted by Gasteiger charge is 2.38. The van der Waals surface area contributed by atoms with Crippen molar-refractivity contribution in [3.05, 3.63) is 53.2 Å². The van der Waals surface area contributed by atoms with Gasteiger partial charge in [0.05, 0.1) is 32.6 Å². The first-order valence-electron chi connectivity index (χ1n) is 9.19. The molecule has 7 heteroatoms. The molecule has 0 fully saturated rings. The van der Waals surface area contributed by atoms with Crippen LogP contribution < -0.4 is 19.5 Å². The summed E-state index contributed by atoms with van der Waals surface area (Å²) >= 11 is 0. The summed E-state index contributed by atoms with van der Waals surface area (Å²) in [5, 5.41) is 3.13. The van der Waals surface area contributed by atoms with Crippen LogP contribution in [0.2, 0.25) is 0 Å². The van der Waals surface area contributed by atoms with Gasteiger partial charge in [0.15, 0.2) is 11.5 Å². The molecule has 0 aliphatic carbocycles. The molecule has 2 aromatic rings. The second-order valence-corrected chi connectivity index (χ2v) is 6.50. The number of hydrogen-bond donors (Lipinski definition) is 1. The zero-order valence-corrected chi connectivity index (χ0v) is 17.2. The van der Waals surface area contributed by atoms with Gasteiger partial charge < -0.3 is 19.5 Å². The number of nitrogens with one attached hydrogen (secondary N) is 1. The van der Waals surface area contributed by atoms with Gasteiger partial charge in [-0.3, -0.25) is 14.5 Å². The Kier molecular flexibility index (Phi) is 5.77. The molecule has 0 aromatic heterocycles. The van der Waals surface area contributed by atoms with Gasteiger partial charge in [0, 0.05) is 6.54 Å². The number of anilines is 1. The Labute approximate surface area is 169 Å². The number of rotatable bonds is 7. The average Bonchev–Trinajstić information content (AvgIpc) is 2.96. The number of benzene rings is 2. The molecule has 2 aromatic carbocycles. The number of methoxy groups -OCH3 is 3. The van der Waals surface area contributed by atoms with Gasteiger partial charge in [0.1, 0.15) is 11.4 Å². The minimum Gasteiger partial charge on any atom is -0.495 e. The summed E-state index contributed by atoms with van der Waals surface area (Å²) in [7, 11) is 4.61. The highest BCUT2D eigenvalue weighted by Crippen LogP contribution is 2.37. The maximum atomic E-state index is 13.0. The van der Waals surface area contributed by atoms with Crippen LogP contribution in [0.25, 0.3) is 5.57 Å². The first-order chi connectivity index (χ1) is 13.9. The van der Waals surface area contributed by atoms with Crippen LogP contribution in [0.1, 0.15) is 18.1 Å². The topological polar surface area (TPSA) is 77.1 Å². The molecule has 1 aliphatic rings. The fraction of sp³-hybridized carbons (Fsp3) is 0.273. The Hall–Kier alpha value is -3.48. The molecule has 2 amide bonds. The van der Waals surface area contributed by atoms with Crippen molar-refractivity contribution < 1.29 is 23.8 Å². The van der Waals surface area contributed by atoms with Crippen LogP contribution in [0, 0.1) is 6.92 Å². The molecule has 0 radical (unpaired) electrons. The number of aryl methyl sites for hydroxylation is 1. The predicted octanol–water partition coefficient (Wildman–Crippen LogP) is 3.23. The van der Waals surface area contributed by atoms with Crippen LogP contribution >= 0.6 is 0 Å². The summed E-state index contributed by atoms with van der Waals surface area (Å²) in [5.41, 5.74) is 2.64. The lowest BCUT2D eigenvalue weighted by Crippen LogP contribution is -2.32. The SMILES string of the molecule is CCN1C(=O)C(Nc2cc(C)ccc2OC)=C(c2ccc(OC)c(OC)c2)C1=O. The standard InChI is InChI=1S/C22H24N2O5/c1-6-24-21(25)19(14-8-10-17(28-4)18(12-14)29-5)20(22(24)26)23-15-11-13(2)7-9-16(15)27-3/h7-12,23H,6H2,1-5H3. The molecule has 0 saturated carbocycles. The van der Waals surface area contributed by atoms with Crippen LogP contribution in [0.3, 0.4) is 0 Å². The maximum Gasteiger partial charge on any atom is 0.278 e.